The molecule has 1 aromatic heterocycles. The SMILES string of the molecule is COc1cc(C=C2CC[C@H]3CCC[C@@H](c4ccc(C#N)cc4)N3C2=O)ccc1-n1cnc(C)c1. The Kier molecular flexibility index (Phi) is 5.93. The van der Waals surface area contributed by atoms with E-state index in [0.717, 1.165) is 65.9 Å². The minimum atomic E-state index is 0.0593. The standard InChI is InChI=1S/C28H28N4O2/c1-19-17-31(18-30-19)26-13-8-21(15-27(26)34-2)14-23-11-12-24-4-3-5-25(32(24)28(23)33)22-9-6-20(16-29)7-10-22/h6-10,13-15,17-18,24-25H,3-5,11-12H2,1-2H3/t24-,25+/m1/s1. The monoisotopic (exact) mass is 452 g/mol. The van der Waals surface area contributed by atoms with Crippen LogP contribution in [0.15, 0.2) is 60.6 Å². The second-order valence-electron chi connectivity index (χ2n) is 9.11. The summed E-state index contributed by atoms with van der Waals surface area (Å²) >= 11 is 0. The number of carbonyl (C=O) groups excluding carboxylic acids is 1. The number of imidazole rings is 1. The molecule has 34 heavy (non-hydrogen) atoms. The lowest BCUT2D eigenvalue weighted by Crippen LogP contribution is -2.49. The number of fused-ring (bicyclic) bond motifs is 1. The van der Waals surface area contributed by atoms with Crippen LogP contribution in [0, 0.1) is 18.3 Å². The van der Waals surface area contributed by atoms with Gasteiger partial charge in [-0.3, -0.25) is 4.79 Å². The number of piperidine rings is 2. The average molecular weight is 453 g/mol. The number of aromatic nitrogens is 2. The summed E-state index contributed by atoms with van der Waals surface area (Å²) in [7, 11) is 1.66. The molecule has 2 fully saturated rings. The summed E-state index contributed by atoms with van der Waals surface area (Å²) in [5.74, 6) is 0.861. The van der Waals surface area contributed by atoms with E-state index in [4.69, 9.17) is 10.00 Å². The predicted molar refractivity (Wildman–Crippen MR) is 130 cm³/mol. The topological polar surface area (TPSA) is 71.2 Å². The van der Waals surface area contributed by atoms with Crippen LogP contribution < -0.4 is 4.74 Å². The van der Waals surface area contributed by atoms with Gasteiger partial charge in [-0.2, -0.15) is 5.26 Å². The number of ether oxygens (including phenoxy) is 1. The first-order valence-electron chi connectivity index (χ1n) is 11.8. The zero-order valence-corrected chi connectivity index (χ0v) is 19.6. The first kappa shape index (κ1) is 22.0. The number of methoxy groups -OCH3 is 1. The third-order valence-electron chi connectivity index (χ3n) is 6.96. The van der Waals surface area contributed by atoms with Crippen molar-refractivity contribution in [1.82, 2.24) is 14.5 Å². The van der Waals surface area contributed by atoms with Crippen molar-refractivity contribution in [3.63, 3.8) is 0 Å². The number of amides is 1. The van der Waals surface area contributed by atoms with Crippen LogP contribution in [0.1, 0.15) is 60.5 Å². The third-order valence-corrected chi connectivity index (χ3v) is 6.96. The van der Waals surface area contributed by atoms with Crippen LogP contribution in [0.5, 0.6) is 5.75 Å². The first-order chi connectivity index (χ1) is 16.6. The molecule has 1 amide bonds. The second kappa shape index (κ2) is 9.18. The van der Waals surface area contributed by atoms with Gasteiger partial charge in [0.25, 0.3) is 5.91 Å². The Bertz CT molecular complexity index is 1280. The molecular formula is C28H28N4O2. The van der Waals surface area contributed by atoms with Crippen molar-refractivity contribution in [2.45, 2.75) is 51.1 Å². The van der Waals surface area contributed by atoms with Crippen molar-refractivity contribution in [2.24, 2.45) is 0 Å². The van der Waals surface area contributed by atoms with Crippen molar-refractivity contribution < 1.29 is 9.53 Å². The third kappa shape index (κ3) is 4.10. The number of rotatable bonds is 4. The van der Waals surface area contributed by atoms with Gasteiger partial charge in [0.1, 0.15) is 5.75 Å². The molecule has 2 aliphatic heterocycles. The quantitative estimate of drug-likeness (QED) is 0.500. The fraction of sp³-hybridized carbons (Fsp3) is 0.321. The molecule has 0 unspecified atom stereocenters. The molecular weight excluding hydrogens is 424 g/mol. The molecule has 6 heteroatoms. The zero-order valence-electron chi connectivity index (χ0n) is 19.6. The van der Waals surface area contributed by atoms with Gasteiger partial charge in [-0.1, -0.05) is 18.2 Å². The minimum Gasteiger partial charge on any atom is -0.495 e. The van der Waals surface area contributed by atoms with Crippen molar-refractivity contribution in [3.05, 3.63) is 82.9 Å². The fourth-order valence-electron chi connectivity index (χ4n) is 5.26. The summed E-state index contributed by atoms with van der Waals surface area (Å²) in [6.45, 7) is 1.95. The molecule has 3 aromatic rings. The van der Waals surface area contributed by atoms with Gasteiger partial charge in [-0.25, -0.2) is 4.98 Å². The predicted octanol–water partition coefficient (Wildman–Crippen LogP) is 5.36. The first-order valence-corrected chi connectivity index (χ1v) is 11.8. The second-order valence-corrected chi connectivity index (χ2v) is 9.11. The van der Waals surface area contributed by atoms with E-state index >= 15 is 0 Å². The van der Waals surface area contributed by atoms with Crippen LogP contribution in [0.4, 0.5) is 0 Å². The van der Waals surface area contributed by atoms with Gasteiger partial charge < -0.3 is 14.2 Å². The molecule has 0 saturated carbocycles. The van der Waals surface area contributed by atoms with E-state index in [-0.39, 0.29) is 18.0 Å². The van der Waals surface area contributed by atoms with Crippen LogP contribution in [-0.4, -0.2) is 33.5 Å². The molecule has 6 nitrogen and oxygen atoms in total. The molecule has 0 spiro atoms. The highest BCUT2D eigenvalue weighted by Gasteiger charge is 2.39. The molecule has 0 aliphatic carbocycles. The van der Waals surface area contributed by atoms with Crippen LogP contribution in [0.3, 0.4) is 0 Å². The summed E-state index contributed by atoms with van der Waals surface area (Å²) in [5, 5.41) is 9.13. The lowest BCUT2D eigenvalue weighted by atomic mass is 9.83. The van der Waals surface area contributed by atoms with Gasteiger partial charge in [-0.05, 0) is 80.5 Å². The Morgan fingerprint density at radius 1 is 1.15 bits per heavy atom. The molecule has 2 atom stereocenters. The number of nitriles is 1. The summed E-state index contributed by atoms with van der Waals surface area (Å²) < 4.78 is 7.59. The molecule has 172 valence electrons. The minimum absolute atomic E-state index is 0.0593. The highest BCUT2D eigenvalue weighted by molar-refractivity contribution is 5.99. The summed E-state index contributed by atoms with van der Waals surface area (Å²) in [6.07, 6.45) is 10.6. The number of hydrogen-bond acceptors (Lipinski definition) is 4. The highest BCUT2D eigenvalue weighted by atomic mass is 16.5. The number of carbonyl (C=O) groups is 1. The molecule has 2 aliphatic rings. The summed E-state index contributed by atoms with van der Waals surface area (Å²) in [5.41, 5.74) is 5.40. The maximum atomic E-state index is 13.7. The Morgan fingerprint density at radius 2 is 1.97 bits per heavy atom. The normalized spacial score (nSPS) is 21.3. The molecule has 2 saturated heterocycles. The average Bonchev–Trinajstić information content (AvgIpc) is 3.31. The van der Waals surface area contributed by atoms with Gasteiger partial charge >= 0.3 is 0 Å². The van der Waals surface area contributed by atoms with E-state index in [1.807, 2.05) is 66.2 Å². The van der Waals surface area contributed by atoms with Gasteiger partial charge in [0.2, 0.25) is 0 Å². The summed E-state index contributed by atoms with van der Waals surface area (Å²) in [6, 6.07) is 16.2. The van der Waals surface area contributed by atoms with Crippen LogP contribution in [0.2, 0.25) is 0 Å². The summed E-state index contributed by atoms with van der Waals surface area (Å²) in [4.78, 5) is 20.1. The maximum Gasteiger partial charge on any atom is 0.250 e. The van der Waals surface area contributed by atoms with E-state index in [2.05, 4.69) is 16.0 Å². The van der Waals surface area contributed by atoms with E-state index in [1.54, 1.807) is 13.4 Å². The molecule has 3 heterocycles. The molecule has 5 rings (SSSR count). The Labute approximate surface area is 200 Å². The van der Waals surface area contributed by atoms with Gasteiger partial charge in [0, 0.05) is 17.8 Å². The van der Waals surface area contributed by atoms with E-state index < -0.39 is 0 Å². The van der Waals surface area contributed by atoms with Crippen molar-refractivity contribution in [1.29, 1.82) is 5.26 Å². The van der Waals surface area contributed by atoms with Crippen molar-refractivity contribution >= 4 is 12.0 Å². The Hall–Kier alpha value is -3.85. The van der Waals surface area contributed by atoms with Crippen molar-refractivity contribution in [3.8, 4) is 17.5 Å². The lowest BCUT2D eigenvalue weighted by molar-refractivity contribution is -0.136. The smallest absolute Gasteiger partial charge is 0.250 e. The zero-order chi connectivity index (χ0) is 23.7. The van der Waals surface area contributed by atoms with Gasteiger partial charge in [0.05, 0.1) is 42.5 Å². The lowest BCUT2D eigenvalue weighted by Gasteiger charge is -2.46. The van der Waals surface area contributed by atoms with Crippen molar-refractivity contribution in [2.75, 3.05) is 7.11 Å². The Balaban J connectivity index is 1.44. The van der Waals surface area contributed by atoms with Crippen LogP contribution in [0.25, 0.3) is 11.8 Å². The number of benzene rings is 2. The molecule has 0 N–H and O–H groups in total. The molecule has 2 aromatic carbocycles. The van der Waals surface area contributed by atoms with E-state index in [1.165, 1.54) is 0 Å². The number of nitrogens with zero attached hydrogens (tertiary/aromatic N) is 4. The number of hydrogen-bond donors (Lipinski definition) is 0. The van der Waals surface area contributed by atoms with E-state index in [9.17, 15) is 4.79 Å². The van der Waals surface area contributed by atoms with Gasteiger partial charge in [0.15, 0.2) is 0 Å². The van der Waals surface area contributed by atoms with Crippen LogP contribution >= 0.6 is 0 Å². The highest BCUT2D eigenvalue weighted by Crippen LogP contribution is 2.41. The Morgan fingerprint density at radius 3 is 2.68 bits per heavy atom. The maximum absolute atomic E-state index is 13.7. The molecule has 0 bridgehead atoms. The van der Waals surface area contributed by atoms with E-state index in [0.29, 0.717) is 5.56 Å². The fourth-order valence-corrected chi connectivity index (χ4v) is 5.26. The van der Waals surface area contributed by atoms with Gasteiger partial charge in [-0.15, -0.1) is 0 Å². The largest absolute Gasteiger partial charge is 0.495 e. The van der Waals surface area contributed by atoms with Crippen LogP contribution in [-0.2, 0) is 4.79 Å². The number of aryl methyl sites for hydroxylation is 1. The molecule has 0 radical (unpaired) electrons.